The summed E-state index contributed by atoms with van der Waals surface area (Å²) in [5.41, 5.74) is 3.91. The number of rotatable bonds is 8. The molecular formula is C20H29N5O. The van der Waals surface area contributed by atoms with Crippen LogP contribution in [0.25, 0.3) is 5.65 Å². The number of nitrogens with zero attached hydrogens (tertiary/aromatic N) is 5. The second-order valence-corrected chi connectivity index (χ2v) is 6.78. The summed E-state index contributed by atoms with van der Waals surface area (Å²) < 4.78 is 1.70. The molecule has 0 aliphatic carbocycles. The van der Waals surface area contributed by atoms with E-state index >= 15 is 0 Å². The number of amides is 1. The molecule has 0 saturated heterocycles. The maximum absolute atomic E-state index is 12.7. The van der Waals surface area contributed by atoms with Crippen LogP contribution in [0.1, 0.15) is 62.5 Å². The van der Waals surface area contributed by atoms with Crippen molar-refractivity contribution in [1.82, 2.24) is 19.5 Å². The lowest BCUT2D eigenvalue weighted by Crippen LogP contribution is -2.35. The van der Waals surface area contributed by atoms with E-state index in [-0.39, 0.29) is 5.91 Å². The first-order chi connectivity index (χ1) is 12.5. The first kappa shape index (κ1) is 19.9. The minimum atomic E-state index is 0.191. The van der Waals surface area contributed by atoms with Gasteiger partial charge in [0.1, 0.15) is 11.6 Å². The minimum absolute atomic E-state index is 0.191. The molecule has 0 N–H and O–H groups in total. The number of carbonyl (C=O) groups excluding carboxylic acids is 1. The highest BCUT2D eigenvalue weighted by atomic mass is 16.2. The third kappa shape index (κ3) is 4.04. The van der Waals surface area contributed by atoms with Gasteiger partial charge in [-0.1, -0.05) is 26.7 Å². The van der Waals surface area contributed by atoms with Gasteiger partial charge in [0, 0.05) is 30.9 Å². The summed E-state index contributed by atoms with van der Waals surface area (Å²) in [6.45, 7) is 11.9. The zero-order valence-electron chi connectivity index (χ0n) is 16.5. The number of nitriles is 1. The van der Waals surface area contributed by atoms with Gasteiger partial charge in [-0.3, -0.25) is 4.79 Å². The van der Waals surface area contributed by atoms with Gasteiger partial charge in [0.25, 0.3) is 0 Å². The molecule has 26 heavy (non-hydrogen) atoms. The molecule has 2 heterocycles. The molecule has 1 amide bonds. The Morgan fingerprint density at radius 2 is 2.00 bits per heavy atom. The Morgan fingerprint density at radius 1 is 1.31 bits per heavy atom. The van der Waals surface area contributed by atoms with E-state index in [1.165, 1.54) is 6.20 Å². The second kappa shape index (κ2) is 8.79. The molecule has 6 heteroatoms. The van der Waals surface area contributed by atoms with Crippen molar-refractivity contribution in [2.45, 2.75) is 60.3 Å². The van der Waals surface area contributed by atoms with Crippen molar-refractivity contribution in [3.63, 3.8) is 0 Å². The van der Waals surface area contributed by atoms with Crippen LogP contribution >= 0.6 is 0 Å². The lowest BCUT2D eigenvalue weighted by Gasteiger charge is -2.25. The van der Waals surface area contributed by atoms with Crippen LogP contribution < -0.4 is 0 Å². The monoisotopic (exact) mass is 355 g/mol. The van der Waals surface area contributed by atoms with E-state index < -0.39 is 0 Å². The Labute approximate surface area is 155 Å². The standard InChI is InChI=1S/C20H29N5O/c1-6-16(7-2)13-24(8-3)19(26)10-9-18-14(4)23-20-17(11-21)12-22-25(20)15(18)5/h12,16H,6-10,13H2,1-5H3. The quantitative estimate of drug-likeness (QED) is 0.727. The van der Waals surface area contributed by atoms with Crippen LogP contribution in [0.2, 0.25) is 0 Å². The number of hydrogen-bond acceptors (Lipinski definition) is 4. The first-order valence-corrected chi connectivity index (χ1v) is 9.48. The molecule has 6 nitrogen and oxygen atoms in total. The van der Waals surface area contributed by atoms with E-state index in [0.717, 1.165) is 42.9 Å². The van der Waals surface area contributed by atoms with Crippen LogP contribution in [-0.4, -0.2) is 38.5 Å². The number of hydrogen-bond donors (Lipinski definition) is 0. The molecule has 0 atom stereocenters. The van der Waals surface area contributed by atoms with Crippen LogP contribution in [0.3, 0.4) is 0 Å². The van der Waals surface area contributed by atoms with Gasteiger partial charge in [-0.2, -0.15) is 10.4 Å². The van der Waals surface area contributed by atoms with Crippen LogP contribution in [0.5, 0.6) is 0 Å². The van der Waals surface area contributed by atoms with Crippen molar-refractivity contribution in [2.75, 3.05) is 13.1 Å². The van der Waals surface area contributed by atoms with Crippen LogP contribution in [0, 0.1) is 31.1 Å². The van der Waals surface area contributed by atoms with E-state index in [0.29, 0.717) is 30.0 Å². The van der Waals surface area contributed by atoms with Gasteiger partial charge in [-0.05, 0) is 38.7 Å². The Bertz CT molecular complexity index is 814. The fourth-order valence-corrected chi connectivity index (χ4v) is 3.41. The summed E-state index contributed by atoms with van der Waals surface area (Å²) in [5, 5.41) is 13.4. The highest BCUT2D eigenvalue weighted by Gasteiger charge is 2.18. The Morgan fingerprint density at radius 3 is 2.58 bits per heavy atom. The molecule has 0 spiro atoms. The molecule has 0 radical (unpaired) electrons. The van der Waals surface area contributed by atoms with Crippen molar-refractivity contribution in [3.05, 3.63) is 28.7 Å². The van der Waals surface area contributed by atoms with Crippen molar-refractivity contribution in [2.24, 2.45) is 5.92 Å². The first-order valence-electron chi connectivity index (χ1n) is 9.48. The van der Waals surface area contributed by atoms with Crippen molar-refractivity contribution >= 4 is 11.6 Å². The summed E-state index contributed by atoms with van der Waals surface area (Å²) in [6, 6.07) is 2.12. The van der Waals surface area contributed by atoms with E-state index in [9.17, 15) is 4.79 Å². The zero-order valence-corrected chi connectivity index (χ0v) is 16.5. The third-order valence-corrected chi connectivity index (χ3v) is 5.29. The third-order valence-electron chi connectivity index (χ3n) is 5.29. The summed E-state index contributed by atoms with van der Waals surface area (Å²) in [5.74, 6) is 0.755. The van der Waals surface area contributed by atoms with Gasteiger partial charge in [-0.15, -0.1) is 0 Å². The lowest BCUT2D eigenvalue weighted by molar-refractivity contribution is -0.131. The molecule has 2 rings (SSSR count). The number of carbonyl (C=O) groups is 1. The van der Waals surface area contributed by atoms with Gasteiger partial charge in [-0.25, -0.2) is 9.50 Å². The maximum atomic E-state index is 12.7. The average Bonchev–Trinajstić information content (AvgIpc) is 3.05. The van der Waals surface area contributed by atoms with Crippen LogP contribution in [0.15, 0.2) is 6.20 Å². The summed E-state index contributed by atoms with van der Waals surface area (Å²) >= 11 is 0. The zero-order chi connectivity index (χ0) is 19.3. The molecule has 2 aromatic rings. The average molecular weight is 355 g/mol. The Kier molecular flexibility index (Phi) is 6.73. The van der Waals surface area contributed by atoms with E-state index in [1.54, 1.807) is 4.52 Å². The predicted octanol–water partition coefficient (Wildman–Crippen LogP) is 3.44. The summed E-state index contributed by atoms with van der Waals surface area (Å²) in [6.07, 6.45) is 4.84. The molecule has 0 bridgehead atoms. The minimum Gasteiger partial charge on any atom is -0.343 e. The molecule has 0 aromatic carbocycles. The van der Waals surface area contributed by atoms with Gasteiger partial charge < -0.3 is 4.90 Å². The SMILES string of the molecule is CCC(CC)CN(CC)C(=O)CCc1c(C)nc2c(C#N)cnn2c1C. The fraction of sp³-hybridized carbons (Fsp3) is 0.600. The maximum Gasteiger partial charge on any atom is 0.222 e. The Hall–Kier alpha value is -2.42. The normalized spacial score (nSPS) is 11.1. The molecule has 140 valence electrons. The fourth-order valence-electron chi connectivity index (χ4n) is 3.41. The summed E-state index contributed by atoms with van der Waals surface area (Å²) in [4.78, 5) is 19.2. The van der Waals surface area contributed by atoms with Crippen molar-refractivity contribution < 1.29 is 4.79 Å². The lowest BCUT2D eigenvalue weighted by atomic mass is 10.0. The molecule has 0 saturated carbocycles. The Balaban J connectivity index is 2.16. The molecule has 0 aliphatic heterocycles. The number of fused-ring (bicyclic) bond motifs is 1. The van der Waals surface area contributed by atoms with Crippen LogP contribution in [0.4, 0.5) is 0 Å². The van der Waals surface area contributed by atoms with Gasteiger partial charge in [0.15, 0.2) is 5.65 Å². The van der Waals surface area contributed by atoms with Crippen LogP contribution in [-0.2, 0) is 11.2 Å². The van der Waals surface area contributed by atoms with E-state index in [2.05, 4.69) is 30.0 Å². The molecule has 0 aliphatic rings. The van der Waals surface area contributed by atoms with E-state index in [1.807, 2.05) is 25.7 Å². The summed E-state index contributed by atoms with van der Waals surface area (Å²) in [7, 11) is 0. The number of aromatic nitrogens is 3. The number of aryl methyl sites for hydroxylation is 2. The van der Waals surface area contributed by atoms with Gasteiger partial charge >= 0.3 is 0 Å². The van der Waals surface area contributed by atoms with E-state index in [4.69, 9.17) is 5.26 Å². The molecular weight excluding hydrogens is 326 g/mol. The van der Waals surface area contributed by atoms with Crippen molar-refractivity contribution in [3.8, 4) is 6.07 Å². The predicted molar refractivity (Wildman–Crippen MR) is 102 cm³/mol. The van der Waals surface area contributed by atoms with Gasteiger partial charge in [0.05, 0.1) is 6.20 Å². The molecule has 2 aromatic heterocycles. The highest BCUT2D eigenvalue weighted by Crippen LogP contribution is 2.19. The molecule has 0 unspecified atom stereocenters. The highest BCUT2D eigenvalue weighted by molar-refractivity contribution is 5.76. The molecule has 0 fully saturated rings. The van der Waals surface area contributed by atoms with Crippen molar-refractivity contribution in [1.29, 1.82) is 5.26 Å². The second-order valence-electron chi connectivity index (χ2n) is 6.78. The topological polar surface area (TPSA) is 74.3 Å². The smallest absolute Gasteiger partial charge is 0.222 e. The largest absolute Gasteiger partial charge is 0.343 e. The van der Waals surface area contributed by atoms with Gasteiger partial charge in [0.2, 0.25) is 5.91 Å².